The van der Waals surface area contributed by atoms with Crippen LogP contribution in [0.15, 0.2) is 48.5 Å². The minimum absolute atomic E-state index is 0.162. The fourth-order valence-corrected chi connectivity index (χ4v) is 4.19. The number of carbonyl (C=O) groups is 1. The summed E-state index contributed by atoms with van der Waals surface area (Å²) in [5, 5.41) is 16.4. The molecule has 2 aromatic rings. The molecule has 3 N–H and O–H groups in total. The molecular weight excluding hydrogens is 402 g/mol. The van der Waals surface area contributed by atoms with Crippen molar-refractivity contribution < 1.29 is 9.90 Å². The number of urea groups is 1. The third kappa shape index (κ3) is 4.25. The Morgan fingerprint density at radius 3 is 2.30 bits per heavy atom. The van der Waals surface area contributed by atoms with Gasteiger partial charge in [-0.15, -0.1) is 0 Å². The number of piperazine rings is 1. The quantitative estimate of drug-likeness (QED) is 0.658. The molecule has 2 aliphatic rings. The predicted octanol–water partition coefficient (Wildman–Crippen LogP) is 2.97. The molecule has 8 heteroatoms. The van der Waals surface area contributed by atoms with Crippen LogP contribution in [0, 0.1) is 0 Å². The van der Waals surface area contributed by atoms with Gasteiger partial charge in [0.25, 0.3) is 0 Å². The van der Waals surface area contributed by atoms with Gasteiger partial charge in [0.1, 0.15) is 6.10 Å². The number of benzene rings is 2. The zero-order valence-corrected chi connectivity index (χ0v) is 17.8. The number of aliphatic hydroxyl groups excluding tert-OH is 1. The molecule has 2 fully saturated rings. The fraction of sp³-hybridized carbons (Fsp3) is 0.409. The molecule has 2 atom stereocenters. The number of carbonyl (C=O) groups excluding carboxylic acids is 1. The predicted molar refractivity (Wildman–Crippen MR) is 120 cm³/mol. The Bertz CT molecular complexity index is 855. The van der Waals surface area contributed by atoms with E-state index in [0.717, 1.165) is 37.4 Å². The van der Waals surface area contributed by atoms with E-state index >= 15 is 0 Å². The largest absolute Gasteiger partial charge is 0.386 e. The van der Waals surface area contributed by atoms with Crippen LogP contribution < -0.4 is 20.5 Å². The lowest BCUT2D eigenvalue weighted by molar-refractivity contribution is 0.0529. The highest BCUT2D eigenvalue weighted by Crippen LogP contribution is 2.29. The van der Waals surface area contributed by atoms with Crippen molar-refractivity contribution >= 4 is 29.0 Å². The summed E-state index contributed by atoms with van der Waals surface area (Å²) in [6.45, 7) is 6.27. The van der Waals surface area contributed by atoms with Gasteiger partial charge < -0.3 is 15.3 Å². The van der Waals surface area contributed by atoms with Gasteiger partial charge in [0.05, 0.1) is 12.7 Å². The Labute approximate surface area is 182 Å². The van der Waals surface area contributed by atoms with Crippen LogP contribution in [0.4, 0.5) is 16.2 Å². The summed E-state index contributed by atoms with van der Waals surface area (Å²) in [4.78, 5) is 17.2. The van der Waals surface area contributed by atoms with Crippen LogP contribution in [-0.4, -0.2) is 55.0 Å². The second kappa shape index (κ2) is 9.22. The van der Waals surface area contributed by atoms with Gasteiger partial charge in [-0.3, -0.25) is 9.91 Å². The molecule has 160 valence electrons. The molecule has 2 aliphatic heterocycles. The van der Waals surface area contributed by atoms with Gasteiger partial charge in [-0.25, -0.2) is 10.2 Å². The lowest BCUT2D eigenvalue weighted by atomic mass is 10.00. The van der Waals surface area contributed by atoms with Crippen LogP contribution in [0.3, 0.4) is 0 Å². The zero-order chi connectivity index (χ0) is 21.1. The Balaban J connectivity index is 1.46. The second-order valence-electron chi connectivity index (χ2n) is 7.62. The van der Waals surface area contributed by atoms with Crippen LogP contribution in [-0.2, 0) is 0 Å². The number of anilines is 2. The van der Waals surface area contributed by atoms with Crippen molar-refractivity contribution in [3.8, 4) is 0 Å². The van der Waals surface area contributed by atoms with Crippen molar-refractivity contribution in [1.82, 2.24) is 15.8 Å². The number of halogens is 1. The second-order valence-corrected chi connectivity index (χ2v) is 8.06. The third-order valence-electron chi connectivity index (χ3n) is 5.81. The maximum absolute atomic E-state index is 13.1. The van der Waals surface area contributed by atoms with E-state index in [1.165, 1.54) is 5.69 Å². The molecule has 0 bridgehead atoms. The van der Waals surface area contributed by atoms with Gasteiger partial charge in [-0.1, -0.05) is 30.7 Å². The van der Waals surface area contributed by atoms with Gasteiger partial charge >= 0.3 is 6.03 Å². The molecule has 2 heterocycles. The first-order valence-corrected chi connectivity index (χ1v) is 10.8. The van der Waals surface area contributed by atoms with Crippen LogP contribution in [0.5, 0.6) is 0 Å². The fourth-order valence-electron chi connectivity index (χ4n) is 4.07. The number of nitrogens with zero attached hydrogens (tertiary/aromatic N) is 3. The first-order valence-electron chi connectivity index (χ1n) is 10.4. The van der Waals surface area contributed by atoms with E-state index in [4.69, 9.17) is 11.6 Å². The van der Waals surface area contributed by atoms with Crippen molar-refractivity contribution in [1.29, 1.82) is 0 Å². The summed E-state index contributed by atoms with van der Waals surface area (Å²) in [6, 6.07) is 14.6. The molecule has 7 nitrogen and oxygen atoms in total. The molecule has 0 saturated carbocycles. The van der Waals surface area contributed by atoms with Crippen molar-refractivity contribution in [3.05, 3.63) is 59.1 Å². The van der Waals surface area contributed by atoms with Gasteiger partial charge in [0, 0.05) is 42.6 Å². The van der Waals surface area contributed by atoms with Crippen LogP contribution in [0.2, 0.25) is 5.02 Å². The van der Waals surface area contributed by atoms with Crippen LogP contribution >= 0.6 is 11.6 Å². The summed E-state index contributed by atoms with van der Waals surface area (Å²) in [5.74, 6) is 0. The lowest BCUT2D eigenvalue weighted by Crippen LogP contribution is -2.46. The van der Waals surface area contributed by atoms with Crippen LogP contribution in [0.1, 0.15) is 25.0 Å². The van der Waals surface area contributed by atoms with E-state index < -0.39 is 6.10 Å². The maximum Gasteiger partial charge on any atom is 0.340 e. The molecule has 0 spiro atoms. The van der Waals surface area contributed by atoms with E-state index in [0.29, 0.717) is 18.1 Å². The van der Waals surface area contributed by atoms with Crippen LogP contribution in [0.25, 0.3) is 0 Å². The Morgan fingerprint density at radius 2 is 1.67 bits per heavy atom. The molecule has 0 aliphatic carbocycles. The Hall–Kier alpha value is -2.32. The summed E-state index contributed by atoms with van der Waals surface area (Å²) in [6.07, 6.45) is -0.197. The summed E-state index contributed by atoms with van der Waals surface area (Å²) in [5.41, 5.74) is 5.89. The highest BCUT2D eigenvalue weighted by Gasteiger charge is 2.37. The number of aliphatic hydroxyl groups is 1. The standard InChI is InChI=1S/C22H28ClN5O2/c1-2-20(21(29)16-3-5-17(23)6-4-16)28-22(30)27(15-25-28)19-9-7-18(8-10-19)26-13-11-24-12-14-26/h3-10,20-21,24-25,29H,2,11-15H2,1H3. The van der Waals surface area contributed by atoms with Gasteiger partial charge in [0.2, 0.25) is 0 Å². The maximum atomic E-state index is 13.1. The van der Waals surface area contributed by atoms with Crippen molar-refractivity contribution in [2.24, 2.45) is 0 Å². The molecule has 0 aromatic heterocycles. The van der Waals surface area contributed by atoms with Crippen molar-refractivity contribution in [2.45, 2.75) is 25.5 Å². The number of hydrogen-bond donors (Lipinski definition) is 3. The van der Waals surface area contributed by atoms with Gasteiger partial charge in [-0.05, 0) is 48.4 Å². The number of hydrogen-bond acceptors (Lipinski definition) is 5. The van der Waals surface area contributed by atoms with Crippen molar-refractivity contribution in [3.63, 3.8) is 0 Å². The topological polar surface area (TPSA) is 71.1 Å². The molecule has 0 radical (unpaired) electrons. The minimum atomic E-state index is -0.807. The van der Waals surface area contributed by atoms with E-state index in [1.807, 2.05) is 19.1 Å². The summed E-state index contributed by atoms with van der Waals surface area (Å²) in [7, 11) is 0. The first-order chi connectivity index (χ1) is 14.6. The van der Waals surface area contributed by atoms with Crippen molar-refractivity contribution in [2.75, 3.05) is 42.6 Å². The van der Waals surface area contributed by atoms with E-state index in [2.05, 4.69) is 27.8 Å². The molecule has 2 amide bonds. The zero-order valence-electron chi connectivity index (χ0n) is 17.1. The average molecular weight is 430 g/mol. The van der Waals surface area contributed by atoms with E-state index in [-0.39, 0.29) is 12.1 Å². The van der Waals surface area contributed by atoms with E-state index in [9.17, 15) is 9.90 Å². The molecule has 4 rings (SSSR count). The average Bonchev–Trinajstić information content (AvgIpc) is 3.16. The summed E-state index contributed by atoms with van der Waals surface area (Å²) < 4.78 is 0. The smallest absolute Gasteiger partial charge is 0.340 e. The lowest BCUT2D eigenvalue weighted by Gasteiger charge is -2.31. The molecule has 2 unspecified atom stereocenters. The molecule has 2 aromatic carbocycles. The van der Waals surface area contributed by atoms with E-state index in [1.54, 1.807) is 34.2 Å². The Morgan fingerprint density at radius 1 is 1.03 bits per heavy atom. The minimum Gasteiger partial charge on any atom is -0.386 e. The highest BCUT2D eigenvalue weighted by atomic mass is 35.5. The number of rotatable bonds is 6. The SMILES string of the molecule is CCC(C(O)c1ccc(Cl)cc1)N1NCN(c2ccc(N3CCNCC3)cc2)C1=O. The summed E-state index contributed by atoms with van der Waals surface area (Å²) >= 11 is 5.96. The number of amides is 2. The Kier molecular flexibility index (Phi) is 6.43. The van der Waals surface area contributed by atoms with Gasteiger partial charge in [0.15, 0.2) is 0 Å². The monoisotopic (exact) mass is 429 g/mol. The molecule has 2 saturated heterocycles. The highest BCUT2D eigenvalue weighted by molar-refractivity contribution is 6.30. The molecule has 30 heavy (non-hydrogen) atoms. The normalized spacial score (nSPS) is 19.3. The molecular formula is C22H28ClN5O2. The number of nitrogens with one attached hydrogen (secondary N) is 2. The van der Waals surface area contributed by atoms with Gasteiger partial charge in [-0.2, -0.15) is 0 Å². The number of hydrazine groups is 1. The third-order valence-corrected chi connectivity index (χ3v) is 6.06. The first kappa shape index (κ1) is 20.9.